The maximum absolute atomic E-state index is 13.0. The van der Waals surface area contributed by atoms with Gasteiger partial charge in [-0.1, -0.05) is 30.5 Å². The van der Waals surface area contributed by atoms with Crippen LogP contribution in [0.25, 0.3) is 22.3 Å². The normalized spacial score (nSPS) is 16.7. The molecule has 42 heavy (non-hydrogen) atoms. The van der Waals surface area contributed by atoms with Crippen molar-refractivity contribution in [3.63, 3.8) is 0 Å². The number of fused-ring (bicyclic) bond motifs is 2. The van der Waals surface area contributed by atoms with Crippen molar-refractivity contribution in [2.75, 3.05) is 11.9 Å². The van der Waals surface area contributed by atoms with E-state index in [1.165, 1.54) is 0 Å². The van der Waals surface area contributed by atoms with E-state index in [4.69, 9.17) is 11.6 Å². The van der Waals surface area contributed by atoms with Gasteiger partial charge in [0, 0.05) is 37.0 Å². The Labute approximate surface area is 246 Å². The van der Waals surface area contributed by atoms with Crippen molar-refractivity contribution >= 4 is 52.0 Å². The Morgan fingerprint density at radius 1 is 0.976 bits per heavy atom. The molecule has 214 valence electrons. The van der Waals surface area contributed by atoms with Crippen LogP contribution in [-0.4, -0.2) is 60.9 Å². The summed E-state index contributed by atoms with van der Waals surface area (Å²) < 4.78 is 1.91. The van der Waals surface area contributed by atoms with E-state index in [1.807, 2.05) is 23.0 Å². The molecule has 2 aromatic carbocycles. The fourth-order valence-electron chi connectivity index (χ4n) is 5.32. The number of para-hydroxylation sites is 1. The lowest BCUT2D eigenvalue weighted by molar-refractivity contribution is -0.136. The summed E-state index contributed by atoms with van der Waals surface area (Å²) in [6.45, 7) is 1.51. The van der Waals surface area contributed by atoms with Crippen molar-refractivity contribution in [3.05, 3.63) is 71.1 Å². The Morgan fingerprint density at radius 2 is 1.81 bits per heavy atom. The lowest BCUT2D eigenvalue weighted by Gasteiger charge is -2.27. The van der Waals surface area contributed by atoms with Crippen LogP contribution >= 0.6 is 11.6 Å². The third kappa shape index (κ3) is 5.47. The second-order valence-electron chi connectivity index (χ2n) is 10.4. The van der Waals surface area contributed by atoms with Gasteiger partial charge >= 0.3 is 0 Å². The molecule has 0 radical (unpaired) electrons. The summed E-state index contributed by atoms with van der Waals surface area (Å²) in [5.41, 5.74) is 4.33. The number of carbonyl (C=O) groups excluding carboxylic acids is 4. The number of aryl methyl sites for hydroxylation is 1. The summed E-state index contributed by atoms with van der Waals surface area (Å²) in [7, 11) is 0. The predicted molar refractivity (Wildman–Crippen MR) is 156 cm³/mol. The van der Waals surface area contributed by atoms with E-state index in [1.54, 1.807) is 36.7 Å². The monoisotopic (exact) mass is 585 g/mol. The number of amides is 4. The van der Waals surface area contributed by atoms with Crippen LogP contribution in [0.15, 0.2) is 55.0 Å². The van der Waals surface area contributed by atoms with Gasteiger partial charge in [-0.05, 0) is 49.6 Å². The zero-order valence-corrected chi connectivity index (χ0v) is 23.4. The first-order chi connectivity index (χ1) is 20.4. The molecule has 2 N–H and O–H groups in total. The van der Waals surface area contributed by atoms with Crippen molar-refractivity contribution in [1.29, 1.82) is 0 Å². The highest BCUT2D eigenvalue weighted by Crippen LogP contribution is 2.30. The van der Waals surface area contributed by atoms with Gasteiger partial charge in [-0.15, -0.1) is 0 Å². The molecule has 1 fully saturated rings. The zero-order chi connectivity index (χ0) is 29.2. The summed E-state index contributed by atoms with van der Waals surface area (Å²) in [5, 5.41) is 10.6. The first kappa shape index (κ1) is 27.5. The second kappa shape index (κ2) is 11.7. The summed E-state index contributed by atoms with van der Waals surface area (Å²) in [4.78, 5) is 59.6. The SMILES string of the molecule is O=C1CCC(N2C(=O)c3ccc(NCCCCCCn4cc(-c5cnc6cccc(Cl)c6n5)cn4)cc3C2=O)C(=O)N1. The number of imide groups is 2. The summed E-state index contributed by atoms with van der Waals surface area (Å²) in [6.07, 6.45) is 9.67. The maximum Gasteiger partial charge on any atom is 0.262 e. The number of benzene rings is 2. The average Bonchev–Trinajstić information content (AvgIpc) is 3.55. The second-order valence-corrected chi connectivity index (χ2v) is 10.8. The van der Waals surface area contributed by atoms with Crippen molar-refractivity contribution in [3.8, 4) is 11.3 Å². The number of aromatic nitrogens is 4. The lowest BCUT2D eigenvalue weighted by Crippen LogP contribution is -2.54. The number of rotatable bonds is 10. The highest BCUT2D eigenvalue weighted by molar-refractivity contribution is 6.34. The van der Waals surface area contributed by atoms with Crippen molar-refractivity contribution < 1.29 is 19.2 Å². The molecular weight excluding hydrogens is 558 g/mol. The van der Waals surface area contributed by atoms with Gasteiger partial charge < -0.3 is 5.32 Å². The van der Waals surface area contributed by atoms with E-state index in [-0.39, 0.29) is 24.0 Å². The van der Waals surface area contributed by atoms with Crippen LogP contribution in [0, 0.1) is 0 Å². The summed E-state index contributed by atoms with van der Waals surface area (Å²) >= 11 is 6.27. The van der Waals surface area contributed by atoms with Crippen molar-refractivity contribution in [2.24, 2.45) is 0 Å². The fourth-order valence-corrected chi connectivity index (χ4v) is 5.53. The third-order valence-corrected chi connectivity index (χ3v) is 7.84. The molecule has 1 atom stereocenters. The van der Waals surface area contributed by atoms with Gasteiger partial charge in [0.2, 0.25) is 11.8 Å². The van der Waals surface area contributed by atoms with E-state index < -0.39 is 29.7 Å². The smallest absolute Gasteiger partial charge is 0.262 e. The number of halogens is 1. The molecule has 12 heteroatoms. The number of hydrogen-bond donors (Lipinski definition) is 2. The number of carbonyl (C=O) groups is 4. The molecule has 1 unspecified atom stereocenters. The first-order valence-electron chi connectivity index (χ1n) is 13.9. The van der Waals surface area contributed by atoms with Crippen molar-refractivity contribution in [2.45, 2.75) is 51.1 Å². The molecule has 6 rings (SSSR count). The number of hydrogen-bond acceptors (Lipinski definition) is 8. The van der Waals surface area contributed by atoms with Crippen LogP contribution in [-0.2, 0) is 16.1 Å². The van der Waals surface area contributed by atoms with E-state index >= 15 is 0 Å². The van der Waals surface area contributed by atoms with E-state index in [2.05, 4.69) is 25.7 Å². The third-order valence-electron chi connectivity index (χ3n) is 7.54. The number of nitrogens with one attached hydrogen (secondary N) is 2. The molecule has 2 aromatic heterocycles. The molecular formula is C30H28ClN7O4. The fraction of sp³-hybridized carbons (Fsp3) is 0.300. The van der Waals surface area contributed by atoms with Crippen LogP contribution in [0.1, 0.15) is 59.2 Å². The number of nitrogens with zero attached hydrogens (tertiary/aromatic N) is 5. The Bertz CT molecular complexity index is 1720. The lowest BCUT2D eigenvalue weighted by atomic mass is 10.0. The topological polar surface area (TPSA) is 139 Å². The number of unbranched alkanes of at least 4 members (excludes halogenated alkanes) is 3. The van der Waals surface area contributed by atoms with Gasteiger partial charge in [0.05, 0.1) is 39.8 Å². The Balaban J connectivity index is 0.949. The van der Waals surface area contributed by atoms with Crippen LogP contribution in [0.5, 0.6) is 0 Å². The largest absolute Gasteiger partial charge is 0.385 e. The molecule has 0 saturated carbocycles. The number of piperidine rings is 1. The Kier molecular flexibility index (Phi) is 7.66. The Hall–Kier alpha value is -4.64. The van der Waals surface area contributed by atoms with Gasteiger partial charge in [0.1, 0.15) is 11.6 Å². The minimum atomic E-state index is -0.966. The van der Waals surface area contributed by atoms with E-state index in [9.17, 15) is 19.2 Å². The summed E-state index contributed by atoms with van der Waals surface area (Å²) in [6, 6.07) is 9.60. The minimum Gasteiger partial charge on any atom is -0.385 e. The summed E-state index contributed by atoms with van der Waals surface area (Å²) in [5.74, 6) is -2.02. The highest BCUT2D eigenvalue weighted by Gasteiger charge is 2.44. The van der Waals surface area contributed by atoms with Crippen LogP contribution in [0.3, 0.4) is 0 Å². The highest BCUT2D eigenvalue weighted by atomic mass is 35.5. The van der Waals surface area contributed by atoms with Crippen LogP contribution in [0.4, 0.5) is 5.69 Å². The molecule has 4 heterocycles. The quantitative estimate of drug-likeness (QED) is 0.208. The molecule has 1 saturated heterocycles. The standard InChI is InChI=1S/C30H28ClN7O4/c31-22-6-5-7-23-27(22)35-24(16-33-23)18-15-34-37(17-18)13-4-2-1-3-12-32-19-8-9-20-21(14-19)30(42)38(29(20)41)25-10-11-26(39)36-28(25)40/h5-9,14-17,25,32H,1-4,10-13H2,(H,36,39,40). The first-order valence-corrected chi connectivity index (χ1v) is 14.3. The van der Waals surface area contributed by atoms with Crippen LogP contribution in [0.2, 0.25) is 5.02 Å². The molecule has 4 amide bonds. The van der Waals surface area contributed by atoms with Gasteiger partial charge in [-0.3, -0.25) is 39.1 Å². The van der Waals surface area contributed by atoms with Gasteiger partial charge in [-0.2, -0.15) is 5.10 Å². The van der Waals surface area contributed by atoms with E-state index in [0.717, 1.165) is 59.6 Å². The van der Waals surface area contributed by atoms with Crippen molar-refractivity contribution in [1.82, 2.24) is 30.0 Å². The molecule has 0 aliphatic carbocycles. The van der Waals surface area contributed by atoms with E-state index in [0.29, 0.717) is 17.1 Å². The maximum atomic E-state index is 13.0. The predicted octanol–water partition coefficient (Wildman–Crippen LogP) is 4.22. The van der Waals surface area contributed by atoms with Gasteiger partial charge in [-0.25, -0.2) is 4.98 Å². The molecule has 0 spiro atoms. The van der Waals surface area contributed by atoms with Gasteiger partial charge in [0.25, 0.3) is 11.8 Å². The van der Waals surface area contributed by atoms with Crippen LogP contribution < -0.4 is 10.6 Å². The molecule has 2 aliphatic heterocycles. The molecule has 2 aliphatic rings. The molecule has 11 nitrogen and oxygen atoms in total. The minimum absolute atomic E-state index is 0.0931. The molecule has 4 aromatic rings. The zero-order valence-electron chi connectivity index (χ0n) is 22.7. The number of anilines is 1. The Morgan fingerprint density at radius 3 is 2.67 bits per heavy atom. The molecule has 0 bridgehead atoms. The van der Waals surface area contributed by atoms with Gasteiger partial charge in [0.15, 0.2) is 0 Å². The average molecular weight is 586 g/mol.